The largest absolute Gasteiger partial charge is 0.496 e. The number of nitrogens with zero attached hydrogens (tertiary/aromatic N) is 3. The lowest BCUT2D eigenvalue weighted by atomic mass is 10.2. The van der Waals surface area contributed by atoms with Crippen LogP contribution in [0.25, 0.3) is 33.5 Å². The van der Waals surface area contributed by atoms with Gasteiger partial charge in [-0.1, -0.05) is 46.3 Å². The fraction of sp³-hybridized carbons (Fsp3) is 0.0938. The average molecular weight is 768 g/mol. The zero-order valence-electron chi connectivity index (χ0n) is 22.8. The number of halogens is 3. The highest BCUT2D eigenvalue weighted by atomic mass is 79.9. The van der Waals surface area contributed by atoms with Gasteiger partial charge >= 0.3 is 0 Å². The van der Waals surface area contributed by atoms with E-state index in [9.17, 15) is 4.79 Å². The molecule has 0 aliphatic rings. The van der Waals surface area contributed by atoms with Gasteiger partial charge in [-0.15, -0.1) is 0 Å². The monoisotopic (exact) mass is 765 g/mol. The first-order chi connectivity index (χ1) is 20.9. The molecule has 8 nitrogen and oxygen atoms in total. The van der Waals surface area contributed by atoms with Crippen molar-refractivity contribution in [1.82, 2.24) is 9.66 Å². The molecule has 6 rings (SSSR count). The number of hydrogen-bond donors (Lipinski definition) is 0. The van der Waals surface area contributed by atoms with E-state index in [1.54, 1.807) is 50.8 Å². The average Bonchev–Trinajstić information content (AvgIpc) is 3.47. The highest BCUT2D eigenvalue weighted by Crippen LogP contribution is 2.43. The minimum Gasteiger partial charge on any atom is -0.496 e. The molecule has 0 fully saturated rings. The number of ether oxygens (including phenoxy) is 3. The molecule has 216 valence electrons. The maximum atomic E-state index is 13.7. The van der Waals surface area contributed by atoms with E-state index in [0.29, 0.717) is 60.6 Å². The second-order valence-electron chi connectivity index (χ2n) is 9.34. The van der Waals surface area contributed by atoms with Crippen LogP contribution >= 0.6 is 47.8 Å². The highest BCUT2D eigenvalue weighted by Gasteiger charge is 2.20. The van der Waals surface area contributed by atoms with E-state index in [1.165, 1.54) is 4.68 Å². The summed E-state index contributed by atoms with van der Waals surface area (Å²) in [4.78, 5) is 18.5. The summed E-state index contributed by atoms with van der Waals surface area (Å²) in [5, 5.41) is 5.78. The van der Waals surface area contributed by atoms with Crippen molar-refractivity contribution in [2.75, 3.05) is 14.2 Å². The predicted molar refractivity (Wildman–Crippen MR) is 178 cm³/mol. The van der Waals surface area contributed by atoms with Crippen LogP contribution in [0.2, 0.25) is 0 Å². The molecule has 0 saturated carbocycles. The van der Waals surface area contributed by atoms with E-state index in [2.05, 4.69) is 52.9 Å². The Kier molecular flexibility index (Phi) is 8.38. The fourth-order valence-corrected chi connectivity index (χ4v) is 5.75. The molecule has 4 aromatic carbocycles. The van der Waals surface area contributed by atoms with Crippen molar-refractivity contribution >= 4 is 75.9 Å². The van der Waals surface area contributed by atoms with Gasteiger partial charge in [0.15, 0.2) is 17.3 Å². The van der Waals surface area contributed by atoms with E-state index < -0.39 is 0 Å². The molecular weight excluding hydrogens is 746 g/mol. The lowest BCUT2D eigenvalue weighted by molar-refractivity contribution is 0.282. The minimum absolute atomic E-state index is 0.245. The molecule has 0 saturated heterocycles. The van der Waals surface area contributed by atoms with Crippen LogP contribution in [-0.2, 0) is 6.61 Å². The molecule has 11 heteroatoms. The third kappa shape index (κ3) is 5.72. The van der Waals surface area contributed by atoms with E-state index in [4.69, 9.17) is 23.6 Å². The van der Waals surface area contributed by atoms with Crippen molar-refractivity contribution in [3.63, 3.8) is 0 Å². The van der Waals surface area contributed by atoms with Gasteiger partial charge < -0.3 is 18.6 Å². The van der Waals surface area contributed by atoms with E-state index >= 15 is 0 Å². The van der Waals surface area contributed by atoms with Crippen molar-refractivity contribution in [2.45, 2.75) is 6.61 Å². The zero-order chi connectivity index (χ0) is 30.1. The van der Waals surface area contributed by atoms with Gasteiger partial charge in [-0.2, -0.15) is 9.78 Å². The second kappa shape index (κ2) is 12.4. The third-order valence-electron chi connectivity index (χ3n) is 6.70. The Bertz CT molecular complexity index is 2070. The molecule has 0 bridgehead atoms. The van der Waals surface area contributed by atoms with Crippen LogP contribution in [0.3, 0.4) is 0 Å². The molecule has 0 N–H and O–H groups in total. The normalized spacial score (nSPS) is 11.5. The number of para-hydroxylation sites is 1. The number of furan rings is 1. The van der Waals surface area contributed by atoms with Crippen LogP contribution < -0.4 is 19.8 Å². The predicted octanol–water partition coefficient (Wildman–Crippen LogP) is 8.58. The van der Waals surface area contributed by atoms with E-state index in [0.717, 1.165) is 15.4 Å². The Morgan fingerprint density at radius 2 is 1.65 bits per heavy atom. The van der Waals surface area contributed by atoms with Gasteiger partial charge in [0.05, 0.1) is 41.2 Å². The maximum absolute atomic E-state index is 13.7. The quantitative estimate of drug-likeness (QED) is 0.144. The standard InChI is InChI=1S/C32H22Br3N3O5/c1-40-24-8-5-9-25-22(24)15-27(43-25)31-37-23-7-4-3-6-21(23)32(39)38(31)36-16-19-14-26(41-2)30(29(35)28(19)34)42-17-18-10-12-20(33)13-11-18/h3-16H,17H2,1-2H3. The molecule has 6 aromatic rings. The molecule has 2 heterocycles. The Morgan fingerprint density at radius 1 is 0.884 bits per heavy atom. The molecule has 0 atom stereocenters. The summed E-state index contributed by atoms with van der Waals surface area (Å²) in [7, 11) is 3.16. The van der Waals surface area contributed by atoms with Gasteiger partial charge in [-0.25, -0.2) is 4.98 Å². The van der Waals surface area contributed by atoms with E-state index in [-0.39, 0.29) is 11.4 Å². The molecule has 0 aliphatic carbocycles. The molecule has 0 unspecified atom stereocenters. The van der Waals surface area contributed by atoms with Crippen LogP contribution in [-0.4, -0.2) is 30.1 Å². The molecular formula is C32H22Br3N3O5. The first-order valence-corrected chi connectivity index (χ1v) is 15.3. The summed E-state index contributed by atoms with van der Waals surface area (Å²) in [5.74, 6) is 2.27. The molecule has 0 aliphatic heterocycles. The highest BCUT2D eigenvalue weighted by molar-refractivity contribution is 9.13. The Labute approximate surface area is 271 Å². The lowest BCUT2D eigenvalue weighted by Gasteiger charge is -2.15. The number of aromatic nitrogens is 2. The number of benzene rings is 4. The first-order valence-electron chi connectivity index (χ1n) is 12.9. The van der Waals surface area contributed by atoms with Gasteiger partial charge in [0.1, 0.15) is 17.9 Å². The van der Waals surface area contributed by atoms with Crippen molar-refractivity contribution < 1.29 is 18.6 Å². The SMILES string of the molecule is COc1cc(C=Nn2c(-c3cc4c(OC)cccc4o3)nc3ccccc3c2=O)c(Br)c(Br)c1OCc1ccc(Br)cc1. The smallest absolute Gasteiger partial charge is 0.282 e. The van der Waals surface area contributed by atoms with Crippen molar-refractivity contribution in [3.8, 4) is 28.8 Å². The fourth-order valence-electron chi connectivity index (χ4n) is 4.55. The second-order valence-corrected chi connectivity index (χ2v) is 11.8. The summed E-state index contributed by atoms with van der Waals surface area (Å²) < 4.78 is 26.9. The summed E-state index contributed by atoms with van der Waals surface area (Å²) in [6, 6.07) is 24.1. The summed E-state index contributed by atoms with van der Waals surface area (Å²) in [6.07, 6.45) is 1.56. The molecule has 0 radical (unpaired) electrons. The van der Waals surface area contributed by atoms with Crippen LogP contribution in [0.4, 0.5) is 0 Å². The van der Waals surface area contributed by atoms with Crippen molar-refractivity contribution in [3.05, 3.63) is 114 Å². The number of fused-ring (bicyclic) bond motifs is 2. The van der Waals surface area contributed by atoms with Gasteiger partial charge in [0, 0.05) is 14.5 Å². The number of hydrogen-bond acceptors (Lipinski definition) is 7. The van der Waals surface area contributed by atoms with Crippen molar-refractivity contribution in [1.29, 1.82) is 0 Å². The maximum Gasteiger partial charge on any atom is 0.282 e. The van der Waals surface area contributed by atoms with E-state index in [1.807, 2.05) is 48.5 Å². The van der Waals surface area contributed by atoms with Crippen LogP contribution in [0.5, 0.6) is 17.2 Å². The summed E-state index contributed by atoms with van der Waals surface area (Å²) in [5.41, 5.74) is 2.41. The molecule has 43 heavy (non-hydrogen) atoms. The van der Waals surface area contributed by atoms with Crippen molar-refractivity contribution in [2.24, 2.45) is 5.10 Å². The van der Waals surface area contributed by atoms with Crippen LogP contribution in [0, 0.1) is 0 Å². The van der Waals surface area contributed by atoms with Gasteiger partial charge in [-0.3, -0.25) is 4.79 Å². The van der Waals surface area contributed by atoms with Gasteiger partial charge in [0.25, 0.3) is 5.56 Å². The topological polar surface area (TPSA) is 88.1 Å². The molecule has 0 amide bonds. The Morgan fingerprint density at radius 3 is 2.42 bits per heavy atom. The van der Waals surface area contributed by atoms with Gasteiger partial charge in [0.2, 0.25) is 5.82 Å². The number of rotatable bonds is 8. The third-order valence-corrected chi connectivity index (χ3v) is 9.37. The Balaban J connectivity index is 1.43. The lowest BCUT2D eigenvalue weighted by Crippen LogP contribution is -2.20. The van der Waals surface area contributed by atoms with Crippen LogP contribution in [0.15, 0.2) is 107 Å². The molecule has 2 aromatic heterocycles. The Hall–Kier alpha value is -3.93. The molecule has 0 spiro atoms. The first kappa shape index (κ1) is 29.2. The van der Waals surface area contributed by atoms with Gasteiger partial charge in [-0.05, 0) is 86.0 Å². The number of methoxy groups -OCH3 is 2. The summed E-state index contributed by atoms with van der Waals surface area (Å²) >= 11 is 10.7. The minimum atomic E-state index is -0.346. The summed E-state index contributed by atoms with van der Waals surface area (Å²) in [6.45, 7) is 0.339. The zero-order valence-corrected chi connectivity index (χ0v) is 27.6. The van der Waals surface area contributed by atoms with Crippen LogP contribution in [0.1, 0.15) is 11.1 Å².